The number of carbonyl (C=O) groups is 1. The molecule has 20 heavy (non-hydrogen) atoms. The number of aromatic nitrogens is 2. The van der Waals surface area contributed by atoms with E-state index < -0.39 is 0 Å². The van der Waals surface area contributed by atoms with Crippen LogP contribution in [0.3, 0.4) is 0 Å². The van der Waals surface area contributed by atoms with Crippen LogP contribution in [0.4, 0.5) is 10.6 Å². The minimum Gasteiger partial charge on any atom is -0.325 e. The second-order valence-corrected chi connectivity index (χ2v) is 6.52. The van der Waals surface area contributed by atoms with E-state index in [1.54, 1.807) is 6.07 Å². The lowest BCUT2D eigenvalue weighted by Crippen LogP contribution is -2.39. The van der Waals surface area contributed by atoms with Crippen LogP contribution in [-0.2, 0) is 5.41 Å². The van der Waals surface area contributed by atoms with E-state index in [1.165, 1.54) is 6.42 Å². The molecule has 1 fully saturated rings. The summed E-state index contributed by atoms with van der Waals surface area (Å²) >= 11 is 6.07. The first kappa shape index (κ1) is 15.0. The predicted octanol–water partition coefficient (Wildman–Crippen LogP) is 3.45. The molecule has 0 aromatic carbocycles. The van der Waals surface area contributed by atoms with Crippen molar-refractivity contribution in [2.24, 2.45) is 0 Å². The normalized spacial score (nSPS) is 16.1. The van der Waals surface area contributed by atoms with Crippen LogP contribution in [0.5, 0.6) is 0 Å². The Morgan fingerprint density at radius 2 is 1.90 bits per heavy atom. The highest BCUT2D eigenvalue weighted by molar-refractivity contribution is 6.30. The minimum absolute atomic E-state index is 0.110. The van der Waals surface area contributed by atoms with Gasteiger partial charge in [-0.25, -0.2) is 4.79 Å². The van der Waals surface area contributed by atoms with E-state index >= 15 is 0 Å². The number of anilines is 1. The summed E-state index contributed by atoms with van der Waals surface area (Å²) in [5.74, 6) is 0.454. The average Bonchev–Trinajstić information content (AvgIpc) is 2.40. The lowest BCUT2D eigenvalue weighted by atomic mass is 9.88. The van der Waals surface area contributed by atoms with Crippen molar-refractivity contribution in [3.05, 3.63) is 16.8 Å². The summed E-state index contributed by atoms with van der Waals surface area (Å²) in [6, 6.07) is 1.69. The molecule has 0 aliphatic carbocycles. The Kier molecular flexibility index (Phi) is 4.48. The van der Waals surface area contributed by atoms with Crippen molar-refractivity contribution in [3.63, 3.8) is 0 Å². The van der Waals surface area contributed by atoms with Crippen molar-refractivity contribution in [2.45, 2.75) is 45.4 Å². The van der Waals surface area contributed by atoms with Crippen LogP contribution in [0.1, 0.15) is 45.6 Å². The molecule has 1 aromatic heterocycles. The zero-order valence-corrected chi connectivity index (χ0v) is 13.0. The number of amides is 2. The van der Waals surface area contributed by atoms with E-state index in [4.69, 9.17) is 11.6 Å². The number of halogens is 1. The fraction of sp³-hybridized carbons (Fsp3) is 0.643. The fourth-order valence-electron chi connectivity index (χ4n) is 2.25. The van der Waals surface area contributed by atoms with Crippen molar-refractivity contribution in [3.8, 4) is 0 Å². The van der Waals surface area contributed by atoms with Gasteiger partial charge in [0.25, 0.3) is 0 Å². The second-order valence-electron chi connectivity index (χ2n) is 6.16. The number of likely N-dealkylation sites (tertiary alicyclic amines) is 1. The van der Waals surface area contributed by atoms with E-state index in [0.29, 0.717) is 11.0 Å². The predicted molar refractivity (Wildman–Crippen MR) is 80.2 cm³/mol. The third kappa shape index (κ3) is 3.60. The van der Waals surface area contributed by atoms with Gasteiger partial charge in [-0.15, -0.1) is 10.2 Å². The lowest BCUT2D eigenvalue weighted by molar-refractivity contribution is 0.200. The molecule has 2 rings (SSSR count). The van der Waals surface area contributed by atoms with E-state index in [1.807, 2.05) is 25.7 Å². The highest BCUT2D eigenvalue weighted by Crippen LogP contribution is 2.29. The molecule has 0 bridgehead atoms. The Balaban J connectivity index is 2.11. The van der Waals surface area contributed by atoms with Crippen LogP contribution in [0.2, 0.25) is 5.15 Å². The molecule has 1 aliphatic heterocycles. The average molecular weight is 297 g/mol. The molecule has 1 aliphatic rings. The van der Waals surface area contributed by atoms with E-state index in [9.17, 15) is 4.79 Å². The lowest BCUT2D eigenvalue weighted by Gasteiger charge is -2.27. The van der Waals surface area contributed by atoms with Crippen molar-refractivity contribution in [1.29, 1.82) is 0 Å². The number of urea groups is 1. The van der Waals surface area contributed by atoms with Gasteiger partial charge in [-0.1, -0.05) is 32.4 Å². The molecule has 0 unspecified atom stereocenters. The number of nitrogens with zero attached hydrogens (tertiary/aromatic N) is 3. The monoisotopic (exact) mass is 296 g/mol. The van der Waals surface area contributed by atoms with Gasteiger partial charge in [0.15, 0.2) is 11.0 Å². The summed E-state index contributed by atoms with van der Waals surface area (Å²) in [5, 5.41) is 11.1. The SMILES string of the molecule is CC(C)(C)c1cc(NC(=O)N2CCCCC2)nnc1Cl. The van der Waals surface area contributed by atoms with Crippen LogP contribution in [0.25, 0.3) is 0 Å². The maximum absolute atomic E-state index is 12.1. The number of rotatable bonds is 1. The number of piperidine rings is 1. The molecule has 0 radical (unpaired) electrons. The standard InChI is InChI=1S/C14H21ClN4O/c1-14(2,3)10-9-11(17-18-12(10)15)16-13(20)19-7-5-4-6-8-19/h9H,4-8H2,1-3H3,(H,16,17,20). The van der Waals surface area contributed by atoms with Crippen molar-refractivity contribution in [2.75, 3.05) is 18.4 Å². The molecule has 1 N–H and O–H groups in total. The summed E-state index contributed by atoms with van der Waals surface area (Å²) in [4.78, 5) is 13.9. The molecule has 1 saturated heterocycles. The number of hydrogen-bond acceptors (Lipinski definition) is 3. The van der Waals surface area contributed by atoms with Gasteiger partial charge >= 0.3 is 6.03 Å². The Bertz CT molecular complexity index is 492. The molecule has 110 valence electrons. The fourth-order valence-corrected chi connectivity index (χ4v) is 2.63. The Morgan fingerprint density at radius 1 is 1.25 bits per heavy atom. The maximum atomic E-state index is 12.1. The van der Waals surface area contributed by atoms with Crippen LogP contribution < -0.4 is 5.32 Å². The van der Waals surface area contributed by atoms with Gasteiger partial charge in [0.1, 0.15) is 0 Å². The summed E-state index contributed by atoms with van der Waals surface area (Å²) in [6.07, 6.45) is 3.32. The zero-order valence-electron chi connectivity index (χ0n) is 12.2. The number of nitrogens with one attached hydrogen (secondary N) is 1. The Labute approximate surface area is 124 Å². The molecule has 5 nitrogen and oxygen atoms in total. The third-order valence-corrected chi connectivity index (χ3v) is 3.71. The van der Waals surface area contributed by atoms with Gasteiger partial charge < -0.3 is 4.90 Å². The van der Waals surface area contributed by atoms with Crippen LogP contribution >= 0.6 is 11.6 Å². The number of carbonyl (C=O) groups excluding carboxylic acids is 1. The first-order valence-corrected chi connectivity index (χ1v) is 7.35. The first-order chi connectivity index (χ1) is 9.38. The van der Waals surface area contributed by atoms with Gasteiger partial charge in [0.2, 0.25) is 0 Å². The van der Waals surface area contributed by atoms with E-state index in [0.717, 1.165) is 31.5 Å². The molecule has 2 heterocycles. The second kappa shape index (κ2) is 5.95. The molecule has 0 atom stereocenters. The highest BCUT2D eigenvalue weighted by Gasteiger charge is 2.21. The quantitative estimate of drug-likeness (QED) is 0.863. The summed E-state index contributed by atoms with van der Waals surface area (Å²) in [5.41, 5.74) is 0.737. The first-order valence-electron chi connectivity index (χ1n) is 6.97. The van der Waals surface area contributed by atoms with Crippen molar-refractivity contribution < 1.29 is 4.79 Å². The van der Waals surface area contributed by atoms with Crippen molar-refractivity contribution in [1.82, 2.24) is 15.1 Å². The Morgan fingerprint density at radius 3 is 2.50 bits per heavy atom. The molecule has 2 amide bonds. The van der Waals surface area contributed by atoms with Gasteiger partial charge in [0, 0.05) is 18.7 Å². The maximum Gasteiger partial charge on any atom is 0.323 e. The molecular weight excluding hydrogens is 276 g/mol. The smallest absolute Gasteiger partial charge is 0.323 e. The topological polar surface area (TPSA) is 58.1 Å². The van der Waals surface area contributed by atoms with Gasteiger partial charge in [-0.05, 0) is 30.7 Å². The summed E-state index contributed by atoms with van der Waals surface area (Å²) in [6.45, 7) is 7.75. The number of hydrogen-bond donors (Lipinski definition) is 1. The summed E-state index contributed by atoms with van der Waals surface area (Å²) in [7, 11) is 0. The molecule has 1 aromatic rings. The van der Waals surface area contributed by atoms with Crippen LogP contribution in [0.15, 0.2) is 6.07 Å². The molecule has 6 heteroatoms. The van der Waals surface area contributed by atoms with Gasteiger partial charge in [-0.2, -0.15) is 0 Å². The van der Waals surface area contributed by atoms with Gasteiger partial charge in [0.05, 0.1) is 0 Å². The summed E-state index contributed by atoms with van der Waals surface area (Å²) < 4.78 is 0. The van der Waals surface area contributed by atoms with Crippen LogP contribution in [0, 0.1) is 0 Å². The van der Waals surface area contributed by atoms with Crippen LogP contribution in [-0.4, -0.2) is 34.2 Å². The van der Waals surface area contributed by atoms with E-state index in [2.05, 4.69) is 15.5 Å². The largest absolute Gasteiger partial charge is 0.325 e. The minimum atomic E-state index is -0.141. The van der Waals surface area contributed by atoms with Crippen molar-refractivity contribution >= 4 is 23.4 Å². The third-order valence-electron chi connectivity index (χ3n) is 3.44. The molecule has 0 saturated carbocycles. The zero-order chi connectivity index (χ0) is 14.8. The van der Waals surface area contributed by atoms with Gasteiger partial charge in [-0.3, -0.25) is 5.32 Å². The highest BCUT2D eigenvalue weighted by atomic mass is 35.5. The van der Waals surface area contributed by atoms with E-state index in [-0.39, 0.29) is 11.4 Å². The Hall–Kier alpha value is -1.36. The molecule has 0 spiro atoms. The molecular formula is C14H21ClN4O.